The molecular formula is C11H17N5O3S. The normalized spacial score (nSPS) is 11.8. The van der Waals surface area contributed by atoms with Crippen LogP contribution in [0.1, 0.15) is 12.6 Å². The van der Waals surface area contributed by atoms with Crippen molar-refractivity contribution in [2.75, 3.05) is 13.1 Å². The third kappa shape index (κ3) is 3.89. The van der Waals surface area contributed by atoms with Crippen LogP contribution >= 0.6 is 0 Å². The van der Waals surface area contributed by atoms with Crippen molar-refractivity contribution in [1.29, 1.82) is 0 Å². The highest BCUT2D eigenvalue weighted by molar-refractivity contribution is 7.89. The van der Waals surface area contributed by atoms with Gasteiger partial charge in [-0.3, -0.25) is 4.68 Å². The summed E-state index contributed by atoms with van der Waals surface area (Å²) in [5.74, 6) is 0. The molecule has 0 aliphatic carbocycles. The summed E-state index contributed by atoms with van der Waals surface area (Å²) in [5, 5.41) is 10.8. The largest absolute Gasteiger partial charge is 0.364 e. The molecule has 2 heterocycles. The van der Waals surface area contributed by atoms with E-state index in [0.29, 0.717) is 12.2 Å². The first-order valence-electron chi connectivity index (χ1n) is 6.24. The predicted octanol–water partition coefficient (Wildman–Crippen LogP) is -0.0409. The third-order valence-electron chi connectivity index (χ3n) is 2.62. The molecule has 0 unspecified atom stereocenters. The van der Waals surface area contributed by atoms with Crippen molar-refractivity contribution in [3.8, 4) is 0 Å². The molecule has 20 heavy (non-hydrogen) atoms. The molecule has 110 valence electrons. The summed E-state index contributed by atoms with van der Waals surface area (Å²) < 4.78 is 32.7. The Kier molecular flexibility index (Phi) is 4.88. The van der Waals surface area contributed by atoms with Crippen LogP contribution in [0.4, 0.5) is 0 Å². The minimum atomic E-state index is -3.58. The van der Waals surface area contributed by atoms with E-state index in [1.165, 1.54) is 18.7 Å². The van der Waals surface area contributed by atoms with Gasteiger partial charge in [0.15, 0.2) is 0 Å². The molecule has 2 N–H and O–H groups in total. The Labute approximate surface area is 117 Å². The Morgan fingerprint density at radius 1 is 1.45 bits per heavy atom. The van der Waals surface area contributed by atoms with E-state index in [0.717, 1.165) is 13.1 Å². The number of nitrogens with zero attached hydrogens (tertiary/aromatic N) is 3. The highest BCUT2D eigenvalue weighted by Gasteiger charge is 2.16. The molecular weight excluding hydrogens is 282 g/mol. The Bertz CT molecular complexity index is 620. The minimum Gasteiger partial charge on any atom is -0.364 e. The number of hydrogen-bond acceptors (Lipinski definition) is 6. The fourth-order valence-electron chi connectivity index (χ4n) is 1.56. The van der Waals surface area contributed by atoms with Gasteiger partial charge in [-0.25, -0.2) is 13.1 Å². The molecule has 2 aromatic heterocycles. The topological polar surface area (TPSA) is 102 Å². The molecule has 0 aromatic carbocycles. The van der Waals surface area contributed by atoms with Crippen LogP contribution in [-0.4, -0.2) is 36.4 Å². The van der Waals surface area contributed by atoms with Gasteiger partial charge >= 0.3 is 0 Å². The van der Waals surface area contributed by atoms with Gasteiger partial charge in [-0.15, -0.1) is 0 Å². The zero-order valence-electron chi connectivity index (χ0n) is 11.1. The van der Waals surface area contributed by atoms with Crippen LogP contribution in [0.25, 0.3) is 0 Å². The van der Waals surface area contributed by atoms with Crippen LogP contribution < -0.4 is 10.0 Å². The zero-order chi connectivity index (χ0) is 14.4. The SMILES string of the molecule is CCNCCn1cc(S(=O)(=O)NCc2ccon2)cn1. The molecule has 8 nitrogen and oxygen atoms in total. The molecule has 2 rings (SSSR count). The number of rotatable bonds is 8. The zero-order valence-corrected chi connectivity index (χ0v) is 11.9. The Balaban J connectivity index is 1.95. The summed E-state index contributed by atoms with van der Waals surface area (Å²) in [6.45, 7) is 4.32. The average Bonchev–Trinajstić information content (AvgIpc) is 3.08. The van der Waals surface area contributed by atoms with Crippen LogP contribution in [0.3, 0.4) is 0 Å². The highest BCUT2D eigenvalue weighted by Crippen LogP contribution is 2.07. The van der Waals surface area contributed by atoms with E-state index < -0.39 is 10.0 Å². The van der Waals surface area contributed by atoms with Gasteiger partial charge in [0.1, 0.15) is 11.2 Å². The predicted molar refractivity (Wildman–Crippen MR) is 71.3 cm³/mol. The van der Waals surface area contributed by atoms with E-state index in [-0.39, 0.29) is 11.4 Å². The molecule has 0 radical (unpaired) electrons. The fourth-order valence-corrected chi connectivity index (χ4v) is 2.51. The average molecular weight is 299 g/mol. The van der Waals surface area contributed by atoms with Gasteiger partial charge < -0.3 is 9.84 Å². The second-order valence-corrected chi connectivity index (χ2v) is 5.87. The number of hydrogen-bond donors (Lipinski definition) is 2. The van der Waals surface area contributed by atoms with Crippen LogP contribution in [-0.2, 0) is 23.1 Å². The second-order valence-electron chi connectivity index (χ2n) is 4.11. The molecule has 0 aliphatic rings. The lowest BCUT2D eigenvalue weighted by molar-refractivity contribution is 0.411. The molecule has 0 aliphatic heterocycles. The summed E-state index contributed by atoms with van der Waals surface area (Å²) in [7, 11) is -3.58. The van der Waals surface area contributed by atoms with Gasteiger partial charge in [-0.2, -0.15) is 5.10 Å². The molecule has 0 saturated carbocycles. The molecule has 0 fully saturated rings. The minimum absolute atomic E-state index is 0.0847. The van der Waals surface area contributed by atoms with E-state index in [4.69, 9.17) is 0 Å². The summed E-state index contributed by atoms with van der Waals surface area (Å²) >= 11 is 0. The standard InChI is InChI=1S/C11H17N5O3S/c1-2-12-4-5-16-9-11(8-13-16)20(17,18)14-7-10-3-6-19-15-10/h3,6,8-9,12,14H,2,4-5,7H2,1H3. The van der Waals surface area contributed by atoms with Crippen LogP contribution in [0.2, 0.25) is 0 Å². The number of sulfonamides is 1. The Morgan fingerprint density at radius 3 is 3.00 bits per heavy atom. The summed E-state index contributed by atoms with van der Waals surface area (Å²) in [5.41, 5.74) is 0.521. The molecule has 0 bridgehead atoms. The van der Waals surface area contributed by atoms with E-state index in [1.54, 1.807) is 10.7 Å². The lowest BCUT2D eigenvalue weighted by Crippen LogP contribution is -2.23. The van der Waals surface area contributed by atoms with E-state index >= 15 is 0 Å². The van der Waals surface area contributed by atoms with Crippen LogP contribution in [0.15, 0.2) is 34.1 Å². The molecule has 2 aromatic rings. The van der Waals surface area contributed by atoms with Gasteiger partial charge in [0.05, 0.1) is 25.0 Å². The van der Waals surface area contributed by atoms with Crippen molar-refractivity contribution in [3.63, 3.8) is 0 Å². The van der Waals surface area contributed by atoms with Crippen molar-refractivity contribution < 1.29 is 12.9 Å². The van der Waals surface area contributed by atoms with Gasteiger partial charge in [0.25, 0.3) is 0 Å². The first-order valence-corrected chi connectivity index (χ1v) is 7.72. The van der Waals surface area contributed by atoms with Crippen molar-refractivity contribution >= 4 is 10.0 Å². The molecule has 0 saturated heterocycles. The Morgan fingerprint density at radius 2 is 2.30 bits per heavy atom. The number of nitrogens with one attached hydrogen (secondary N) is 2. The number of aromatic nitrogens is 3. The summed E-state index contributed by atoms with van der Waals surface area (Å²) in [4.78, 5) is 0.137. The van der Waals surface area contributed by atoms with Gasteiger partial charge in [0, 0.05) is 18.8 Å². The van der Waals surface area contributed by atoms with Crippen LogP contribution in [0, 0.1) is 0 Å². The van der Waals surface area contributed by atoms with E-state index in [1.807, 2.05) is 6.92 Å². The smallest absolute Gasteiger partial charge is 0.244 e. The molecule has 9 heteroatoms. The van der Waals surface area contributed by atoms with Crippen molar-refractivity contribution in [3.05, 3.63) is 30.4 Å². The fraction of sp³-hybridized carbons (Fsp3) is 0.455. The first-order chi connectivity index (χ1) is 9.62. The first kappa shape index (κ1) is 14.7. The lowest BCUT2D eigenvalue weighted by Gasteiger charge is -2.02. The lowest BCUT2D eigenvalue weighted by atomic mass is 10.5. The molecule has 0 spiro atoms. The summed E-state index contributed by atoms with van der Waals surface area (Å²) in [6.07, 6.45) is 4.22. The Hall–Kier alpha value is -1.71. The maximum atomic E-state index is 12.0. The van der Waals surface area contributed by atoms with Gasteiger partial charge in [0.2, 0.25) is 10.0 Å². The second kappa shape index (κ2) is 6.64. The monoisotopic (exact) mass is 299 g/mol. The van der Waals surface area contributed by atoms with Gasteiger partial charge in [-0.1, -0.05) is 12.1 Å². The van der Waals surface area contributed by atoms with E-state index in [9.17, 15) is 8.42 Å². The van der Waals surface area contributed by atoms with Crippen molar-refractivity contribution in [2.45, 2.75) is 24.9 Å². The maximum absolute atomic E-state index is 12.0. The quantitative estimate of drug-likeness (QED) is 0.663. The van der Waals surface area contributed by atoms with E-state index in [2.05, 4.69) is 24.8 Å². The highest BCUT2D eigenvalue weighted by atomic mass is 32.2. The van der Waals surface area contributed by atoms with Crippen molar-refractivity contribution in [1.82, 2.24) is 25.0 Å². The van der Waals surface area contributed by atoms with Gasteiger partial charge in [-0.05, 0) is 6.54 Å². The molecule has 0 amide bonds. The maximum Gasteiger partial charge on any atom is 0.244 e. The van der Waals surface area contributed by atoms with Crippen molar-refractivity contribution in [2.24, 2.45) is 0 Å². The third-order valence-corrected chi connectivity index (χ3v) is 3.98. The molecule has 0 atom stereocenters. The summed E-state index contributed by atoms with van der Waals surface area (Å²) in [6, 6.07) is 1.60. The number of likely N-dealkylation sites (N-methyl/N-ethyl adjacent to an activating group) is 1. The van der Waals surface area contributed by atoms with Crippen LogP contribution in [0.5, 0.6) is 0 Å².